The van der Waals surface area contributed by atoms with Crippen molar-refractivity contribution in [1.82, 2.24) is 0 Å². The van der Waals surface area contributed by atoms with E-state index >= 15 is 0 Å². The Balaban J connectivity index is 1.40. The van der Waals surface area contributed by atoms with Gasteiger partial charge in [-0.05, 0) is 103 Å². The van der Waals surface area contributed by atoms with E-state index in [-0.39, 0.29) is 47.6 Å². The van der Waals surface area contributed by atoms with Crippen LogP contribution in [0.15, 0.2) is 91.9 Å². The number of ether oxygens (including phenoxy) is 2. The number of rotatable bonds is 19. The summed E-state index contributed by atoms with van der Waals surface area (Å²) in [7, 11) is 0. The average molecular weight is 919 g/mol. The summed E-state index contributed by atoms with van der Waals surface area (Å²) in [5.41, 5.74) is -4.79. The first-order valence-corrected chi connectivity index (χ1v) is 20.6. The first kappa shape index (κ1) is 48.6. The molecule has 0 saturated heterocycles. The summed E-state index contributed by atoms with van der Waals surface area (Å²) in [5, 5.41) is 17.5. The number of alkyl halides is 11. The summed E-state index contributed by atoms with van der Waals surface area (Å²) >= 11 is 2.49. The van der Waals surface area contributed by atoms with Gasteiger partial charge in [0.15, 0.2) is 13.2 Å². The largest absolute Gasteiger partial charge is 0.481 e. The Morgan fingerprint density at radius 1 is 0.700 bits per heavy atom. The van der Waals surface area contributed by atoms with Crippen molar-refractivity contribution in [2.75, 3.05) is 24.7 Å². The van der Waals surface area contributed by atoms with E-state index < -0.39 is 92.8 Å². The van der Waals surface area contributed by atoms with Crippen LogP contribution < -0.4 is 9.47 Å². The van der Waals surface area contributed by atoms with Crippen molar-refractivity contribution in [2.45, 2.75) is 85.1 Å². The summed E-state index contributed by atoms with van der Waals surface area (Å²) < 4.78 is 165. The lowest BCUT2D eigenvalue weighted by atomic mass is 9.77. The van der Waals surface area contributed by atoms with Gasteiger partial charge in [0.05, 0.1) is 22.3 Å². The summed E-state index contributed by atoms with van der Waals surface area (Å²) in [4.78, 5) is 21.3. The van der Waals surface area contributed by atoms with Crippen molar-refractivity contribution >= 4 is 47.2 Å². The number of aryl methyl sites for hydroxylation is 1. The molecule has 0 bridgehead atoms. The van der Waals surface area contributed by atoms with Crippen molar-refractivity contribution in [3.63, 3.8) is 0 Å². The third kappa shape index (κ3) is 14.3. The maximum atomic E-state index is 14.4. The average Bonchev–Trinajstić information content (AvgIpc) is 3.13. The van der Waals surface area contributed by atoms with Crippen molar-refractivity contribution in [2.24, 2.45) is 5.41 Å². The van der Waals surface area contributed by atoms with Gasteiger partial charge in [0.2, 0.25) is 0 Å². The number of hydrogen-bond acceptors (Lipinski definition) is 7. The molecule has 0 heterocycles. The fourth-order valence-electron chi connectivity index (χ4n) is 5.99. The van der Waals surface area contributed by atoms with E-state index in [1.165, 1.54) is 30.3 Å². The summed E-state index contributed by atoms with van der Waals surface area (Å²) in [6, 6.07) is 10.2. The van der Waals surface area contributed by atoms with Gasteiger partial charge in [0, 0.05) is 26.5 Å². The third-order valence-electron chi connectivity index (χ3n) is 8.81. The molecule has 1 aliphatic carbocycles. The van der Waals surface area contributed by atoms with Crippen molar-refractivity contribution < 1.29 is 77.6 Å². The molecule has 0 amide bonds. The van der Waals surface area contributed by atoms with Crippen LogP contribution in [0.25, 0.3) is 0 Å². The topological polar surface area (TPSA) is 93.1 Å². The molecule has 0 aromatic heterocycles. The predicted molar refractivity (Wildman–Crippen MR) is 205 cm³/mol. The van der Waals surface area contributed by atoms with Gasteiger partial charge in [-0.1, -0.05) is 36.9 Å². The van der Waals surface area contributed by atoms with Crippen LogP contribution in [-0.4, -0.2) is 53.0 Å². The minimum atomic E-state index is -4.94. The van der Waals surface area contributed by atoms with Crippen molar-refractivity contribution in [1.29, 1.82) is 0 Å². The van der Waals surface area contributed by atoms with Crippen LogP contribution in [0.5, 0.6) is 11.5 Å². The van der Waals surface area contributed by atoms with Gasteiger partial charge in [0.25, 0.3) is 5.92 Å². The molecular formula is C40H37F11O6S3. The van der Waals surface area contributed by atoms with Crippen LogP contribution in [0.4, 0.5) is 48.3 Å². The van der Waals surface area contributed by atoms with Gasteiger partial charge < -0.3 is 19.7 Å². The molecule has 1 atom stereocenters. The summed E-state index contributed by atoms with van der Waals surface area (Å²) in [5.74, 6) is -6.66. The predicted octanol–water partition coefficient (Wildman–Crippen LogP) is 12.9. The minimum absolute atomic E-state index is 0.0682. The zero-order chi connectivity index (χ0) is 44.7. The van der Waals surface area contributed by atoms with Gasteiger partial charge in [-0.2, -0.15) is 39.5 Å². The molecular weight excluding hydrogens is 882 g/mol. The molecule has 2 N–H and O–H groups in total. The van der Waals surface area contributed by atoms with E-state index in [1.807, 2.05) is 0 Å². The van der Waals surface area contributed by atoms with Gasteiger partial charge in [-0.25, -0.2) is 18.4 Å². The number of halogens is 11. The van der Waals surface area contributed by atoms with E-state index in [1.54, 1.807) is 6.92 Å². The number of thioether (sulfide) groups is 3. The summed E-state index contributed by atoms with van der Waals surface area (Å²) in [6.07, 6.45) is -11.5. The van der Waals surface area contributed by atoms with Crippen LogP contribution in [0, 0.1) is 5.41 Å². The third-order valence-corrected chi connectivity index (χ3v) is 12.2. The molecule has 4 rings (SSSR count). The molecule has 0 radical (unpaired) electrons. The number of aliphatic carboxylic acids is 2. The maximum absolute atomic E-state index is 14.4. The first-order valence-electron chi connectivity index (χ1n) is 17.8. The van der Waals surface area contributed by atoms with Crippen LogP contribution in [-0.2, 0) is 34.3 Å². The summed E-state index contributed by atoms with van der Waals surface area (Å²) in [6.45, 7) is 0.395. The van der Waals surface area contributed by atoms with E-state index in [0.717, 1.165) is 59.9 Å². The molecule has 0 aliphatic heterocycles. The molecule has 0 fully saturated rings. The molecule has 60 heavy (non-hydrogen) atoms. The quantitative estimate of drug-likeness (QED) is 0.0693. The molecule has 3 aromatic carbocycles. The van der Waals surface area contributed by atoms with Crippen molar-refractivity contribution in [3.8, 4) is 11.5 Å². The Kier molecular flexibility index (Phi) is 16.0. The Morgan fingerprint density at radius 2 is 1.23 bits per heavy atom. The van der Waals surface area contributed by atoms with E-state index in [9.17, 15) is 57.9 Å². The fraction of sp³-hybridized carbons (Fsp3) is 0.400. The standard InChI is InChI=1S/C40H37F11O6S3/c1-36(13-4-16-59-24-7-9-30(56-21-34(52)53)26(18-24)37(2,41)42)14-12-33(29(20-36)40(49,50)51)60-32-11-6-23(17-28(32)39(46,47)48)5-3-15-58-25-8-10-31(57-22-35(54)55)27(19-25)38(43,44)45/h6-12,17-20H,3-5,13-16,21-22H2,1-2H3,(H,52,53)(H,54,55). The number of hydrogen-bond donors (Lipinski definition) is 2. The van der Waals surface area contributed by atoms with Gasteiger partial charge in [0.1, 0.15) is 11.5 Å². The Hall–Kier alpha value is -4.04. The first-order chi connectivity index (χ1) is 27.7. The molecule has 328 valence electrons. The Morgan fingerprint density at radius 3 is 1.75 bits per heavy atom. The van der Waals surface area contributed by atoms with Gasteiger partial charge in [-0.15, -0.1) is 23.5 Å². The van der Waals surface area contributed by atoms with Crippen LogP contribution >= 0.6 is 35.3 Å². The molecule has 3 aromatic rings. The molecule has 0 saturated carbocycles. The fourth-order valence-corrected chi connectivity index (χ4v) is 8.88. The van der Waals surface area contributed by atoms with Crippen LogP contribution in [0.3, 0.4) is 0 Å². The SMILES string of the molecule is CC1(CCCSc2ccc(OCC(=O)O)c(C(C)(F)F)c2)C=C(C(F)(F)F)C(Sc2ccc(CCCSc3ccc(OCC(=O)O)c(C(F)(F)F)c3)cc2C(F)(F)F)=CC1. The van der Waals surface area contributed by atoms with Crippen LogP contribution in [0.2, 0.25) is 0 Å². The highest BCUT2D eigenvalue weighted by Crippen LogP contribution is 2.50. The number of carboxylic acid groups (broad SMARTS) is 2. The highest BCUT2D eigenvalue weighted by Gasteiger charge is 2.42. The molecule has 20 heteroatoms. The zero-order valence-corrected chi connectivity index (χ0v) is 34.1. The number of allylic oxidation sites excluding steroid dienone is 3. The second-order valence-electron chi connectivity index (χ2n) is 13.9. The van der Waals surface area contributed by atoms with Crippen LogP contribution in [0.1, 0.15) is 61.8 Å². The molecule has 1 unspecified atom stereocenters. The second kappa shape index (κ2) is 19.8. The normalized spacial score (nSPS) is 16.3. The lowest BCUT2D eigenvalue weighted by molar-refractivity contribution is -0.143. The maximum Gasteiger partial charge on any atom is 0.420 e. The minimum Gasteiger partial charge on any atom is -0.481 e. The highest BCUT2D eigenvalue weighted by atomic mass is 32.2. The van der Waals surface area contributed by atoms with E-state index in [2.05, 4.69) is 0 Å². The van der Waals surface area contributed by atoms with Crippen molar-refractivity contribution in [3.05, 3.63) is 99.5 Å². The Bertz CT molecular complexity index is 2080. The lowest BCUT2D eigenvalue weighted by Gasteiger charge is -2.32. The molecule has 0 spiro atoms. The smallest absolute Gasteiger partial charge is 0.420 e. The molecule has 1 aliphatic rings. The number of benzene rings is 3. The highest BCUT2D eigenvalue weighted by molar-refractivity contribution is 8.03. The zero-order valence-electron chi connectivity index (χ0n) is 31.6. The van der Waals surface area contributed by atoms with E-state index in [4.69, 9.17) is 19.7 Å². The lowest BCUT2D eigenvalue weighted by Crippen LogP contribution is -2.23. The van der Waals surface area contributed by atoms with E-state index in [0.29, 0.717) is 35.8 Å². The number of carbonyl (C=O) groups is 2. The molecule has 6 nitrogen and oxygen atoms in total. The Labute approximate surface area is 350 Å². The van der Waals surface area contributed by atoms with Gasteiger partial charge >= 0.3 is 30.5 Å². The van der Waals surface area contributed by atoms with Gasteiger partial charge in [-0.3, -0.25) is 0 Å². The monoisotopic (exact) mass is 918 g/mol. The second-order valence-corrected chi connectivity index (χ2v) is 17.3. The number of carboxylic acids is 2.